The van der Waals surface area contributed by atoms with Crippen molar-refractivity contribution in [2.24, 2.45) is 0 Å². The monoisotopic (exact) mass is 366 g/mol. The van der Waals surface area contributed by atoms with Gasteiger partial charge < -0.3 is 5.73 Å². The lowest BCUT2D eigenvalue weighted by Gasteiger charge is -2.10. The lowest BCUT2D eigenvalue weighted by Crippen LogP contribution is -2.06. The topological polar surface area (TPSA) is 64.7 Å². The molecule has 2 N–H and O–H groups in total. The van der Waals surface area contributed by atoms with E-state index < -0.39 is 0 Å². The molecule has 3 rings (SSSR count). The highest BCUT2D eigenvalue weighted by molar-refractivity contribution is 14.1. The third kappa shape index (κ3) is 2.43. The summed E-state index contributed by atoms with van der Waals surface area (Å²) in [6.07, 6.45) is 5.10. The normalized spacial score (nSPS) is 14.6. The number of hydrogen-bond acceptors (Lipinski definition) is 4. The summed E-state index contributed by atoms with van der Waals surface area (Å²) in [5, 5.41) is 0. The van der Waals surface area contributed by atoms with Crippen molar-refractivity contribution >= 4 is 28.4 Å². The quantitative estimate of drug-likeness (QED) is 0.848. The molecule has 1 saturated carbocycles. The van der Waals surface area contributed by atoms with Crippen molar-refractivity contribution in [3.63, 3.8) is 0 Å². The Kier molecular flexibility index (Phi) is 3.38. The number of anilines is 1. The average Bonchev–Trinajstić information content (AvgIpc) is 3.26. The highest BCUT2D eigenvalue weighted by Gasteiger charge is 2.29. The van der Waals surface area contributed by atoms with Crippen molar-refractivity contribution in [2.75, 3.05) is 5.73 Å². The number of halogens is 1. The van der Waals surface area contributed by atoms with Gasteiger partial charge in [-0.2, -0.15) is 0 Å². The van der Waals surface area contributed by atoms with Gasteiger partial charge in [-0.05, 0) is 53.5 Å². The van der Waals surface area contributed by atoms with Crippen molar-refractivity contribution < 1.29 is 0 Å². The molecule has 5 heteroatoms. The fourth-order valence-corrected chi connectivity index (χ4v) is 2.82. The second kappa shape index (κ2) is 5.03. The zero-order valence-corrected chi connectivity index (χ0v) is 12.9. The molecule has 0 bridgehead atoms. The molecule has 0 unspecified atom stereocenters. The number of rotatable bonds is 3. The van der Waals surface area contributed by atoms with Crippen LogP contribution in [0.4, 0.5) is 5.82 Å². The van der Waals surface area contributed by atoms with Gasteiger partial charge in [0.2, 0.25) is 0 Å². The predicted octanol–water partition coefficient (Wildman–Crippen LogP) is 3.17. The van der Waals surface area contributed by atoms with Crippen LogP contribution in [-0.4, -0.2) is 15.0 Å². The third-order valence-corrected chi connectivity index (χ3v) is 4.46. The van der Waals surface area contributed by atoms with Crippen molar-refractivity contribution in [2.45, 2.75) is 32.1 Å². The van der Waals surface area contributed by atoms with E-state index in [-0.39, 0.29) is 0 Å². The minimum absolute atomic E-state index is 0.560. The van der Waals surface area contributed by atoms with E-state index in [1.54, 1.807) is 6.20 Å². The Bertz CT molecular complexity index is 623. The minimum Gasteiger partial charge on any atom is -0.383 e. The predicted molar refractivity (Wildman–Crippen MR) is 83.7 cm³/mol. The van der Waals surface area contributed by atoms with Gasteiger partial charge in [-0.15, -0.1) is 0 Å². The summed E-state index contributed by atoms with van der Waals surface area (Å²) in [4.78, 5) is 13.6. The SMILES string of the molecule is CCc1cccnc1-c1nc(N)c(I)c(C2CC2)n1. The smallest absolute Gasteiger partial charge is 0.180 e. The van der Waals surface area contributed by atoms with Crippen molar-refractivity contribution in [3.8, 4) is 11.5 Å². The number of aryl methyl sites for hydroxylation is 1. The molecule has 0 saturated heterocycles. The van der Waals surface area contributed by atoms with Gasteiger partial charge in [-0.1, -0.05) is 13.0 Å². The minimum atomic E-state index is 0.560. The summed E-state index contributed by atoms with van der Waals surface area (Å²) in [5.74, 6) is 1.79. The van der Waals surface area contributed by atoms with Crippen molar-refractivity contribution in [1.82, 2.24) is 15.0 Å². The summed E-state index contributed by atoms with van der Waals surface area (Å²) in [6, 6.07) is 4.01. The molecule has 19 heavy (non-hydrogen) atoms. The Morgan fingerprint density at radius 2 is 2.16 bits per heavy atom. The summed E-state index contributed by atoms with van der Waals surface area (Å²) >= 11 is 2.24. The maximum atomic E-state index is 6.03. The molecule has 0 spiro atoms. The van der Waals surface area contributed by atoms with Crippen LogP contribution in [0.15, 0.2) is 18.3 Å². The summed E-state index contributed by atoms with van der Waals surface area (Å²) in [7, 11) is 0. The molecule has 1 aliphatic carbocycles. The first-order valence-corrected chi connectivity index (χ1v) is 7.55. The fourth-order valence-electron chi connectivity index (χ4n) is 2.14. The molecule has 2 aromatic rings. The first-order valence-electron chi connectivity index (χ1n) is 6.48. The maximum absolute atomic E-state index is 6.03. The van der Waals surface area contributed by atoms with Gasteiger partial charge in [0.15, 0.2) is 5.82 Å². The van der Waals surface area contributed by atoms with E-state index in [0.29, 0.717) is 17.6 Å². The van der Waals surface area contributed by atoms with Crippen molar-refractivity contribution in [1.29, 1.82) is 0 Å². The lowest BCUT2D eigenvalue weighted by atomic mass is 10.1. The second-order valence-corrected chi connectivity index (χ2v) is 5.85. The molecule has 98 valence electrons. The van der Waals surface area contributed by atoms with Gasteiger partial charge in [0.05, 0.1) is 9.26 Å². The van der Waals surface area contributed by atoms with Gasteiger partial charge in [-0.3, -0.25) is 4.98 Å². The van der Waals surface area contributed by atoms with E-state index in [1.807, 2.05) is 6.07 Å². The molecule has 0 atom stereocenters. The molecule has 2 aromatic heterocycles. The molecular formula is C14H15IN4. The molecule has 0 amide bonds. The highest BCUT2D eigenvalue weighted by Crippen LogP contribution is 2.42. The molecular weight excluding hydrogens is 351 g/mol. The molecule has 4 nitrogen and oxygen atoms in total. The lowest BCUT2D eigenvalue weighted by molar-refractivity contribution is 0.969. The van der Waals surface area contributed by atoms with Crippen LogP contribution in [0.5, 0.6) is 0 Å². The standard InChI is InChI=1S/C14H15IN4/c1-2-8-4-3-7-17-12(8)14-18-11(9-5-6-9)10(15)13(16)19-14/h3-4,7,9H,2,5-6H2,1H3,(H2,16,18,19). The van der Waals surface area contributed by atoms with Crippen LogP contribution in [0.2, 0.25) is 0 Å². The number of aromatic nitrogens is 3. The van der Waals surface area contributed by atoms with Gasteiger partial charge in [-0.25, -0.2) is 9.97 Å². The Morgan fingerprint density at radius 1 is 1.37 bits per heavy atom. The van der Waals surface area contributed by atoms with E-state index in [4.69, 9.17) is 10.7 Å². The number of nitrogen functional groups attached to an aromatic ring is 1. The zero-order chi connectivity index (χ0) is 13.4. The Hall–Kier alpha value is -1.24. The number of pyridine rings is 1. The van der Waals surface area contributed by atoms with Crippen LogP contribution < -0.4 is 5.73 Å². The van der Waals surface area contributed by atoms with E-state index in [1.165, 1.54) is 12.8 Å². The second-order valence-electron chi connectivity index (χ2n) is 4.77. The zero-order valence-electron chi connectivity index (χ0n) is 10.7. The highest BCUT2D eigenvalue weighted by atomic mass is 127. The van der Waals surface area contributed by atoms with Gasteiger partial charge in [0.1, 0.15) is 11.5 Å². The van der Waals surface area contributed by atoms with Crippen LogP contribution in [-0.2, 0) is 6.42 Å². The maximum Gasteiger partial charge on any atom is 0.180 e. The molecule has 2 heterocycles. The Labute approximate surface area is 126 Å². The number of nitrogens with two attached hydrogens (primary N) is 1. The summed E-state index contributed by atoms with van der Waals surface area (Å²) in [5.41, 5.74) is 9.14. The number of nitrogens with zero attached hydrogens (tertiary/aromatic N) is 3. The molecule has 1 fully saturated rings. The summed E-state index contributed by atoms with van der Waals surface area (Å²) < 4.78 is 0.998. The fraction of sp³-hybridized carbons (Fsp3) is 0.357. The summed E-state index contributed by atoms with van der Waals surface area (Å²) in [6.45, 7) is 2.11. The van der Waals surface area contributed by atoms with Crippen LogP contribution in [0.25, 0.3) is 11.5 Å². The van der Waals surface area contributed by atoms with E-state index >= 15 is 0 Å². The molecule has 0 radical (unpaired) electrons. The Morgan fingerprint density at radius 3 is 2.84 bits per heavy atom. The largest absolute Gasteiger partial charge is 0.383 e. The first kappa shape index (κ1) is 12.8. The molecule has 0 aromatic carbocycles. The van der Waals surface area contributed by atoms with Gasteiger partial charge in [0, 0.05) is 12.1 Å². The Balaban J connectivity index is 2.14. The van der Waals surface area contributed by atoms with Crippen LogP contribution in [0.1, 0.15) is 36.9 Å². The number of hydrogen-bond donors (Lipinski definition) is 1. The molecule has 0 aliphatic heterocycles. The van der Waals surface area contributed by atoms with Crippen LogP contribution in [0, 0.1) is 3.57 Å². The van der Waals surface area contributed by atoms with E-state index in [2.05, 4.69) is 45.5 Å². The van der Waals surface area contributed by atoms with E-state index in [9.17, 15) is 0 Å². The van der Waals surface area contributed by atoms with Gasteiger partial charge >= 0.3 is 0 Å². The van der Waals surface area contributed by atoms with Crippen LogP contribution >= 0.6 is 22.6 Å². The third-order valence-electron chi connectivity index (χ3n) is 3.35. The first-order chi connectivity index (χ1) is 9.20. The van der Waals surface area contributed by atoms with Crippen LogP contribution in [0.3, 0.4) is 0 Å². The van der Waals surface area contributed by atoms with Gasteiger partial charge in [0.25, 0.3) is 0 Å². The van der Waals surface area contributed by atoms with Crippen molar-refractivity contribution in [3.05, 3.63) is 33.2 Å². The average molecular weight is 366 g/mol. The molecule has 1 aliphatic rings. The van der Waals surface area contributed by atoms with E-state index in [0.717, 1.165) is 26.9 Å².